The molecule has 1 N–H and O–H groups in total. The number of carbonyl (C=O) groups excluding carboxylic acids is 3. The molecule has 0 unspecified atom stereocenters. The van der Waals surface area contributed by atoms with Crippen LogP contribution in [0.2, 0.25) is 0 Å². The van der Waals surface area contributed by atoms with Gasteiger partial charge < -0.3 is 19.5 Å². The third kappa shape index (κ3) is 6.11. The van der Waals surface area contributed by atoms with Gasteiger partial charge >= 0.3 is 5.97 Å². The molecule has 182 valence electrons. The average molecular weight is 476 g/mol. The van der Waals surface area contributed by atoms with E-state index < -0.39 is 5.97 Å². The fourth-order valence-electron chi connectivity index (χ4n) is 3.84. The topological polar surface area (TPSA) is 106 Å². The largest absolute Gasteiger partial charge is 0.465 e. The predicted octanol–water partition coefficient (Wildman–Crippen LogP) is 3.31. The highest BCUT2D eigenvalue weighted by Gasteiger charge is 2.29. The summed E-state index contributed by atoms with van der Waals surface area (Å²) in [6.45, 7) is 3.40. The lowest BCUT2D eigenvalue weighted by molar-refractivity contribution is -0.116. The number of hydrogen-bond acceptors (Lipinski definition) is 6. The van der Waals surface area contributed by atoms with Crippen LogP contribution in [0.5, 0.6) is 0 Å². The summed E-state index contributed by atoms with van der Waals surface area (Å²) in [4.78, 5) is 47.4. The molecule has 1 aliphatic rings. The van der Waals surface area contributed by atoms with E-state index >= 15 is 0 Å². The van der Waals surface area contributed by atoms with E-state index in [0.29, 0.717) is 47.1 Å². The Labute approximate surface area is 204 Å². The minimum absolute atomic E-state index is 0.117. The number of pyridine rings is 1. The SMILES string of the molecule is COC(=O)c1cc(-c2ccc(C(=O)NCCCn3ccnc3)cn2)ccc1N(CC1CC1)C(C)=O. The van der Waals surface area contributed by atoms with Gasteiger partial charge in [-0.2, -0.15) is 0 Å². The molecule has 0 atom stereocenters. The Morgan fingerprint density at radius 2 is 2.03 bits per heavy atom. The molecule has 0 radical (unpaired) electrons. The fourth-order valence-corrected chi connectivity index (χ4v) is 3.84. The lowest BCUT2D eigenvalue weighted by Crippen LogP contribution is -2.32. The number of aromatic nitrogens is 3. The maximum Gasteiger partial charge on any atom is 0.340 e. The number of methoxy groups -OCH3 is 1. The standard InChI is InChI=1S/C26H29N5O4/c1-18(32)31(16-19-4-5-19)24-9-7-20(14-22(24)26(34)35-2)23-8-6-21(15-29-23)25(33)28-10-3-12-30-13-11-27-17-30/h6-9,11,13-15,17,19H,3-5,10,12,16H2,1-2H3,(H,28,33). The van der Waals surface area contributed by atoms with Gasteiger partial charge in [-0.25, -0.2) is 9.78 Å². The van der Waals surface area contributed by atoms with Gasteiger partial charge in [-0.05, 0) is 49.4 Å². The predicted molar refractivity (Wildman–Crippen MR) is 131 cm³/mol. The summed E-state index contributed by atoms with van der Waals surface area (Å²) in [6, 6.07) is 8.70. The Bertz CT molecular complexity index is 1190. The number of esters is 1. The van der Waals surface area contributed by atoms with E-state index in [0.717, 1.165) is 25.8 Å². The number of ether oxygens (including phenoxy) is 1. The van der Waals surface area contributed by atoms with Crippen molar-refractivity contribution in [2.45, 2.75) is 32.7 Å². The second-order valence-corrected chi connectivity index (χ2v) is 8.64. The summed E-state index contributed by atoms with van der Waals surface area (Å²) in [7, 11) is 1.32. The van der Waals surface area contributed by atoms with Gasteiger partial charge in [-0.15, -0.1) is 0 Å². The number of rotatable bonds is 10. The van der Waals surface area contributed by atoms with Gasteiger partial charge in [0.05, 0.1) is 35.9 Å². The van der Waals surface area contributed by atoms with Crippen molar-refractivity contribution in [2.24, 2.45) is 5.92 Å². The summed E-state index contributed by atoms with van der Waals surface area (Å²) in [6.07, 6.45) is 9.82. The number of anilines is 1. The van der Waals surface area contributed by atoms with Crippen LogP contribution in [0, 0.1) is 5.92 Å². The summed E-state index contributed by atoms with van der Waals surface area (Å²) in [5.41, 5.74) is 2.59. The average Bonchev–Trinajstić information content (AvgIpc) is 3.55. The van der Waals surface area contributed by atoms with Gasteiger partial charge in [-0.3, -0.25) is 14.6 Å². The van der Waals surface area contributed by atoms with Gasteiger partial charge in [0.1, 0.15) is 0 Å². The molecular formula is C26H29N5O4. The Morgan fingerprint density at radius 3 is 2.66 bits per heavy atom. The van der Waals surface area contributed by atoms with Crippen molar-refractivity contribution in [3.05, 3.63) is 66.4 Å². The third-order valence-electron chi connectivity index (χ3n) is 5.97. The van der Waals surface area contributed by atoms with Crippen molar-refractivity contribution in [3.8, 4) is 11.3 Å². The zero-order valence-corrected chi connectivity index (χ0v) is 19.9. The molecule has 35 heavy (non-hydrogen) atoms. The molecule has 2 aromatic heterocycles. The Hall–Kier alpha value is -4.01. The molecule has 0 aliphatic heterocycles. The Kier molecular flexibility index (Phi) is 7.54. The van der Waals surface area contributed by atoms with Crippen LogP contribution in [-0.4, -0.2) is 52.5 Å². The van der Waals surface area contributed by atoms with Crippen LogP contribution in [-0.2, 0) is 16.1 Å². The maximum absolute atomic E-state index is 12.6. The van der Waals surface area contributed by atoms with Crippen LogP contribution in [0.25, 0.3) is 11.3 Å². The molecule has 0 spiro atoms. The minimum atomic E-state index is -0.518. The highest BCUT2D eigenvalue weighted by atomic mass is 16.5. The summed E-state index contributed by atoms with van der Waals surface area (Å²) >= 11 is 0. The molecule has 3 aromatic rings. The molecule has 4 rings (SSSR count). The van der Waals surface area contributed by atoms with Gasteiger partial charge in [-0.1, -0.05) is 6.07 Å². The maximum atomic E-state index is 12.6. The molecule has 1 aliphatic carbocycles. The van der Waals surface area contributed by atoms with E-state index in [1.807, 2.05) is 16.8 Å². The second kappa shape index (κ2) is 10.9. The zero-order chi connectivity index (χ0) is 24.8. The monoisotopic (exact) mass is 475 g/mol. The highest BCUT2D eigenvalue weighted by Crippen LogP contribution is 2.34. The Balaban J connectivity index is 1.46. The van der Waals surface area contributed by atoms with Gasteiger partial charge in [0.25, 0.3) is 5.91 Å². The van der Waals surface area contributed by atoms with Crippen LogP contribution < -0.4 is 10.2 Å². The van der Waals surface area contributed by atoms with E-state index in [1.54, 1.807) is 41.7 Å². The van der Waals surface area contributed by atoms with E-state index in [4.69, 9.17) is 4.74 Å². The normalized spacial score (nSPS) is 12.7. The van der Waals surface area contributed by atoms with E-state index in [-0.39, 0.29) is 11.8 Å². The first-order chi connectivity index (χ1) is 17.0. The van der Waals surface area contributed by atoms with Crippen molar-refractivity contribution < 1.29 is 19.1 Å². The smallest absolute Gasteiger partial charge is 0.340 e. The van der Waals surface area contributed by atoms with Crippen molar-refractivity contribution in [1.82, 2.24) is 19.9 Å². The van der Waals surface area contributed by atoms with Crippen LogP contribution in [0.15, 0.2) is 55.2 Å². The number of nitrogens with zero attached hydrogens (tertiary/aromatic N) is 4. The van der Waals surface area contributed by atoms with Crippen LogP contribution >= 0.6 is 0 Å². The second-order valence-electron chi connectivity index (χ2n) is 8.64. The molecule has 9 nitrogen and oxygen atoms in total. The zero-order valence-electron chi connectivity index (χ0n) is 19.9. The van der Waals surface area contributed by atoms with Gasteiger partial charge in [0.2, 0.25) is 5.91 Å². The van der Waals surface area contributed by atoms with Crippen LogP contribution in [0.4, 0.5) is 5.69 Å². The number of hydrogen-bond donors (Lipinski definition) is 1. The number of benzene rings is 1. The van der Waals surface area contributed by atoms with Gasteiger partial charge in [0.15, 0.2) is 0 Å². The van der Waals surface area contributed by atoms with Crippen LogP contribution in [0.1, 0.15) is 46.9 Å². The molecule has 1 fully saturated rings. The Morgan fingerprint density at radius 1 is 1.20 bits per heavy atom. The molecule has 2 amide bonds. The highest BCUT2D eigenvalue weighted by molar-refractivity contribution is 6.03. The quantitative estimate of drug-likeness (QED) is 0.356. The lowest BCUT2D eigenvalue weighted by Gasteiger charge is -2.23. The first-order valence-electron chi connectivity index (χ1n) is 11.7. The van der Waals surface area contributed by atoms with Crippen molar-refractivity contribution in [1.29, 1.82) is 0 Å². The first kappa shape index (κ1) is 24.1. The number of carbonyl (C=O) groups is 3. The number of aryl methyl sites for hydroxylation is 1. The number of amides is 2. The minimum Gasteiger partial charge on any atom is -0.465 e. The number of nitrogens with one attached hydrogen (secondary N) is 1. The van der Waals surface area contributed by atoms with Crippen LogP contribution in [0.3, 0.4) is 0 Å². The van der Waals surface area contributed by atoms with Crippen molar-refractivity contribution in [3.63, 3.8) is 0 Å². The molecular weight excluding hydrogens is 446 g/mol. The number of imidazole rings is 1. The molecule has 0 saturated heterocycles. The lowest BCUT2D eigenvalue weighted by atomic mass is 10.0. The molecule has 1 aromatic carbocycles. The van der Waals surface area contributed by atoms with E-state index in [9.17, 15) is 14.4 Å². The first-order valence-corrected chi connectivity index (χ1v) is 11.7. The summed E-state index contributed by atoms with van der Waals surface area (Å²) < 4.78 is 6.94. The fraction of sp³-hybridized carbons (Fsp3) is 0.346. The molecule has 9 heteroatoms. The summed E-state index contributed by atoms with van der Waals surface area (Å²) in [5.74, 6) is -0.364. The molecule has 2 heterocycles. The van der Waals surface area contributed by atoms with Crippen molar-refractivity contribution in [2.75, 3.05) is 25.1 Å². The van der Waals surface area contributed by atoms with E-state index in [2.05, 4.69) is 15.3 Å². The molecule has 0 bridgehead atoms. The molecule has 1 saturated carbocycles. The summed E-state index contributed by atoms with van der Waals surface area (Å²) in [5, 5.41) is 2.89. The van der Waals surface area contributed by atoms with E-state index in [1.165, 1.54) is 20.2 Å². The third-order valence-corrected chi connectivity index (χ3v) is 5.97. The van der Waals surface area contributed by atoms with Crippen molar-refractivity contribution >= 4 is 23.5 Å². The van der Waals surface area contributed by atoms with Gasteiger partial charge in [0, 0.05) is 50.7 Å².